The second-order valence-electron chi connectivity index (χ2n) is 9.06. The van der Waals surface area contributed by atoms with Crippen LogP contribution in [0.3, 0.4) is 0 Å². The zero-order valence-electron chi connectivity index (χ0n) is 17.5. The van der Waals surface area contributed by atoms with Crippen LogP contribution in [0.1, 0.15) is 116 Å². The van der Waals surface area contributed by atoms with Crippen LogP contribution in [0, 0.1) is 23.7 Å². The third-order valence-electron chi connectivity index (χ3n) is 7.06. The van der Waals surface area contributed by atoms with Crippen molar-refractivity contribution in [2.24, 2.45) is 23.7 Å². The van der Waals surface area contributed by atoms with Gasteiger partial charge in [-0.05, 0) is 36.5 Å². The maximum Gasteiger partial charge on any atom is 0.120 e. The van der Waals surface area contributed by atoms with Crippen molar-refractivity contribution in [3.8, 4) is 0 Å². The number of allylic oxidation sites excluding steroid dienone is 2. The summed E-state index contributed by atoms with van der Waals surface area (Å²) in [7, 11) is 0. The molecule has 2 bridgehead atoms. The largest absolute Gasteiger partial charge is 0.303 e. The van der Waals surface area contributed by atoms with Crippen LogP contribution in [0.5, 0.6) is 0 Å². The van der Waals surface area contributed by atoms with Gasteiger partial charge in [0.2, 0.25) is 0 Å². The van der Waals surface area contributed by atoms with Crippen LogP contribution in [0.4, 0.5) is 0 Å². The smallest absolute Gasteiger partial charge is 0.120 e. The second kappa shape index (κ2) is 13.6. The number of aldehydes is 1. The highest BCUT2D eigenvalue weighted by Crippen LogP contribution is 2.51. The first-order valence-corrected chi connectivity index (χ1v) is 12.0. The summed E-state index contributed by atoms with van der Waals surface area (Å²) in [4.78, 5) is 11.0. The van der Waals surface area contributed by atoms with Gasteiger partial charge in [0.05, 0.1) is 0 Å². The number of rotatable bonds is 17. The average Bonchev–Trinajstić information content (AvgIpc) is 3.24. The van der Waals surface area contributed by atoms with Gasteiger partial charge in [-0.2, -0.15) is 0 Å². The van der Waals surface area contributed by atoms with Crippen molar-refractivity contribution in [2.75, 3.05) is 0 Å². The molecule has 1 saturated carbocycles. The van der Waals surface area contributed by atoms with Crippen LogP contribution < -0.4 is 0 Å². The zero-order valence-corrected chi connectivity index (χ0v) is 17.5. The molecule has 0 heterocycles. The highest BCUT2D eigenvalue weighted by molar-refractivity contribution is 5.50. The Balaban J connectivity index is 1.36. The van der Waals surface area contributed by atoms with E-state index in [-0.39, 0.29) is 0 Å². The lowest BCUT2D eigenvalue weighted by molar-refractivity contribution is -0.109. The normalized spacial score (nSPS) is 26.7. The van der Waals surface area contributed by atoms with Crippen LogP contribution in [-0.4, -0.2) is 6.29 Å². The van der Waals surface area contributed by atoms with Crippen molar-refractivity contribution in [1.82, 2.24) is 0 Å². The summed E-state index contributed by atoms with van der Waals surface area (Å²) in [5.41, 5.74) is 0. The minimum atomic E-state index is 0.671. The van der Waals surface area contributed by atoms with Crippen molar-refractivity contribution < 1.29 is 4.79 Å². The van der Waals surface area contributed by atoms with E-state index in [0.29, 0.717) is 5.92 Å². The van der Waals surface area contributed by atoms with Gasteiger partial charge in [-0.15, -0.1) is 0 Å². The fourth-order valence-electron chi connectivity index (χ4n) is 5.49. The lowest BCUT2D eigenvalue weighted by Gasteiger charge is -2.26. The van der Waals surface area contributed by atoms with Crippen LogP contribution in [0.2, 0.25) is 0 Å². The minimum Gasteiger partial charge on any atom is -0.303 e. The van der Waals surface area contributed by atoms with Crippen molar-refractivity contribution in [2.45, 2.75) is 116 Å². The molecule has 150 valence electrons. The van der Waals surface area contributed by atoms with Crippen molar-refractivity contribution in [3.63, 3.8) is 0 Å². The molecule has 1 fully saturated rings. The van der Waals surface area contributed by atoms with E-state index in [9.17, 15) is 4.79 Å². The maximum absolute atomic E-state index is 11.0. The van der Waals surface area contributed by atoms with E-state index in [1.54, 1.807) is 0 Å². The Morgan fingerprint density at radius 3 is 1.65 bits per heavy atom. The van der Waals surface area contributed by atoms with Crippen LogP contribution in [0.15, 0.2) is 12.2 Å². The molecule has 0 aromatic rings. The fourth-order valence-corrected chi connectivity index (χ4v) is 5.49. The molecule has 2 aliphatic rings. The van der Waals surface area contributed by atoms with Gasteiger partial charge in [0, 0.05) is 6.42 Å². The lowest BCUT2D eigenvalue weighted by Crippen LogP contribution is -2.20. The number of hydrogen-bond acceptors (Lipinski definition) is 1. The van der Waals surface area contributed by atoms with Crippen LogP contribution in [0.25, 0.3) is 0 Å². The van der Waals surface area contributed by atoms with Gasteiger partial charge >= 0.3 is 0 Å². The van der Waals surface area contributed by atoms with Gasteiger partial charge in [-0.25, -0.2) is 0 Å². The second-order valence-corrected chi connectivity index (χ2v) is 9.06. The molecular formula is C25H44O. The van der Waals surface area contributed by atoms with Crippen LogP contribution >= 0.6 is 0 Å². The SMILES string of the molecule is CCCCCCCCCCCCCCCCC1C2C=CC(C2)C1CC=O. The molecule has 2 aliphatic carbocycles. The highest BCUT2D eigenvalue weighted by atomic mass is 16.1. The Hall–Kier alpha value is -0.590. The summed E-state index contributed by atoms with van der Waals surface area (Å²) in [6, 6.07) is 0. The van der Waals surface area contributed by atoms with Crippen molar-refractivity contribution in [3.05, 3.63) is 12.2 Å². The molecule has 26 heavy (non-hydrogen) atoms. The maximum atomic E-state index is 11.0. The molecule has 0 aliphatic heterocycles. The molecule has 0 spiro atoms. The number of carbonyl (C=O) groups excluding carboxylic acids is 1. The van der Waals surface area contributed by atoms with E-state index in [0.717, 1.165) is 30.5 Å². The van der Waals surface area contributed by atoms with E-state index in [2.05, 4.69) is 19.1 Å². The molecule has 0 saturated heterocycles. The third-order valence-corrected chi connectivity index (χ3v) is 7.06. The summed E-state index contributed by atoms with van der Waals surface area (Å²) >= 11 is 0. The fraction of sp³-hybridized carbons (Fsp3) is 0.880. The number of unbranched alkanes of at least 4 members (excludes halogenated alkanes) is 13. The molecule has 0 aromatic heterocycles. The van der Waals surface area contributed by atoms with Gasteiger partial charge in [0.15, 0.2) is 0 Å². The summed E-state index contributed by atoms with van der Waals surface area (Å²) in [5.74, 6) is 3.01. The van der Waals surface area contributed by atoms with Gasteiger partial charge in [-0.3, -0.25) is 0 Å². The van der Waals surface area contributed by atoms with E-state index in [1.807, 2.05) is 0 Å². The molecule has 0 N–H and O–H groups in total. The van der Waals surface area contributed by atoms with Gasteiger partial charge in [0.1, 0.15) is 6.29 Å². The first-order chi connectivity index (χ1) is 12.9. The topological polar surface area (TPSA) is 17.1 Å². The van der Waals surface area contributed by atoms with Gasteiger partial charge in [0.25, 0.3) is 0 Å². The first-order valence-electron chi connectivity index (χ1n) is 12.0. The zero-order chi connectivity index (χ0) is 18.5. The van der Waals surface area contributed by atoms with E-state index >= 15 is 0 Å². The standard InChI is InChI=1S/C25H44O/c1-2-3-4-5-6-7-8-9-10-11-12-13-14-15-16-24-22-17-18-23(21-22)25(24)19-20-26/h17-18,20,22-25H,2-16,19,21H2,1H3. The Bertz CT molecular complexity index is 386. The Labute approximate surface area is 163 Å². The number of hydrogen-bond donors (Lipinski definition) is 0. The summed E-state index contributed by atoms with van der Waals surface area (Å²) < 4.78 is 0. The van der Waals surface area contributed by atoms with Gasteiger partial charge < -0.3 is 4.79 Å². The third kappa shape index (κ3) is 7.57. The highest BCUT2D eigenvalue weighted by Gasteiger charge is 2.43. The summed E-state index contributed by atoms with van der Waals surface area (Å²) in [5, 5.41) is 0. The molecular weight excluding hydrogens is 316 g/mol. The molecule has 0 amide bonds. The number of carbonyl (C=O) groups is 1. The molecule has 2 rings (SSSR count). The van der Waals surface area contributed by atoms with Crippen LogP contribution in [-0.2, 0) is 4.79 Å². The Morgan fingerprint density at radius 2 is 1.15 bits per heavy atom. The molecule has 1 heteroatoms. The Morgan fingerprint density at radius 1 is 0.692 bits per heavy atom. The van der Waals surface area contributed by atoms with E-state index in [4.69, 9.17) is 0 Å². The van der Waals surface area contributed by atoms with E-state index < -0.39 is 0 Å². The lowest BCUT2D eigenvalue weighted by atomic mass is 9.78. The van der Waals surface area contributed by atoms with Crippen molar-refractivity contribution in [1.29, 1.82) is 0 Å². The number of fused-ring (bicyclic) bond motifs is 2. The Kier molecular flexibility index (Phi) is 11.3. The first kappa shape index (κ1) is 21.7. The molecule has 0 radical (unpaired) electrons. The molecule has 4 unspecified atom stereocenters. The molecule has 4 atom stereocenters. The van der Waals surface area contributed by atoms with Gasteiger partial charge in [-0.1, -0.05) is 109 Å². The predicted octanol–water partition coefficient (Wildman–Crippen LogP) is 7.89. The monoisotopic (exact) mass is 360 g/mol. The minimum absolute atomic E-state index is 0.671. The average molecular weight is 361 g/mol. The molecule has 1 nitrogen and oxygen atoms in total. The van der Waals surface area contributed by atoms with E-state index in [1.165, 1.54) is 103 Å². The molecule has 0 aromatic carbocycles. The quantitative estimate of drug-likeness (QED) is 0.146. The summed E-state index contributed by atoms with van der Waals surface area (Å²) in [6.07, 6.45) is 29.6. The summed E-state index contributed by atoms with van der Waals surface area (Å²) in [6.45, 7) is 2.29. The van der Waals surface area contributed by atoms with Crippen molar-refractivity contribution >= 4 is 6.29 Å². The predicted molar refractivity (Wildman–Crippen MR) is 113 cm³/mol.